The Morgan fingerprint density at radius 3 is 2.69 bits per heavy atom. The maximum Gasteiger partial charge on any atom is 0.234 e. The molecule has 0 aliphatic carbocycles. The summed E-state index contributed by atoms with van der Waals surface area (Å²) in [5.41, 5.74) is 1.96. The van der Waals surface area contributed by atoms with E-state index in [-0.39, 0.29) is 0 Å². The van der Waals surface area contributed by atoms with Crippen molar-refractivity contribution in [2.45, 2.75) is 20.0 Å². The molecule has 0 saturated heterocycles. The smallest absolute Gasteiger partial charge is 0.234 e. The average Bonchev–Trinajstić information content (AvgIpc) is 2.16. The first kappa shape index (κ1) is 9.93. The molecule has 1 radical (unpaired) electrons. The van der Waals surface area contributed by atoms with E-state index in [1.165, 1.54) is 0 Å². The van der Waals surface area contributed by atoms with Crippen LogP contribution in [0.1, 0.15) is 24.2 Å². The standard InChI is InChI=1S/C11H13O2/c1-3-13-11(8-12)10-7-5-4-6-9(10)2/h4-7,11H,3H2,1-2H3. The number of hydrogen-bond donors (Lipinski definition) is 0. The van der Waals surface area contributed by atoms with Crippen LogP contribution in [-0.2, 0) is 9.53 Å². The zero-order valence-corrected chi connectivity index (χ0v) is 7.91. The van der Waals surface area contributed by atoms with Gasteiger partial charge in [-0.3, -0.25) is 4.79 Å². The number of aryl methyl sites for hydroxylation is 1. The molecule has 0 aromatic heterocycles. The molecule has 0 aliphatic heterocycles. The summed E-state index contributed by atoms with van der Waals surface area (Å²) < 4.78 is 5.23. The minimum atomic E-state index is -0.536. The summed E-state index contributed by atoms with van der Waals surface area (Å²) in [4.78, 5) is 10.6. The van der Waals surface area contributed by atoms with Crippen molar-refractivity contribution in [1.29, 1.82) is 0 Å². The third-order valence-corrected chi connectivity index (χ3v) is 1.91. The summed E-state index contributed by atoms with van der Waals surface area (Å²) in [5, 5.41) is 0. The van der Waals surface area contributed by atoms with Gasteiger partial charge in [-0.05, 0) is 25.0 Å². The second-order valence-corrected chi connectivity index (χ2v) is 2.81. The van der Waals surface area contributed by atoms with Gasteiger partial charge in [-0.1, -0.05) is 24.3 Å². The molecule has 0 heterocycles. The fraction of sp³-hybridized carbons (Fsp3) is 0.364. The van der Waals surface area contributed by atoms with Crippen LogP contribution < -0.4 is 0 Å². The van der Waals surface area contributed by atoms with Gasteiger partial charge < -0.3 is 4.74 Å². The van der Waals surface area contributed by atoms with E-state index >= 15 is 0 Å². The zero-order valence-electron chi connectivity index (χ0n) is 7.91. The molecule has 1 rings (SSSR count). The van der Waals surface area contributed by atoms with Gasteiger partial charge in [0, 0.05) is 6.61 Å². The Morgan fingerprint density at radius 2 is 2.15 bits per heavy atom. The predicted octanol–water partition coefficient (Wildman–Crippen LogP) is 2.18. The Bertz CT molecular complexity index is 281. The highest BCUT2D eigenvalue weighted by molar-refractivity contribution is 5.61. The third kappa shape index (κ3) is 2.39. The van der Waals surface area contributed by atoms with Gasteiger partial charge in [0.1, 0.15) is 6.10 Å². The van der Waals surface area contributed by atoms with Crippen molar-refractivity contribution in [3.05, 3.63) is 35.4 Å². The number of rotatable bonds is 4. The van der Waals surface area contributed by atoms with E-state index < -0.39 is 6.10 Å². The van der Waals surface area contributed by atoms with Crippen molar-refractivity contribution >= 4 is 6.29 Å². The molecule has 2 heteroatoms. The number of benzene rings is 1. The van der Waals surface area contributed by atoms with Crippen LogP contribution in [0.2, 0.25) is 0 Å². The van der Waals surface area contributed by atoms with Gasteiger partial charge in [0.05, 0.1) is 0 Å². The third-order valence-electron chi connectivity index (χ3n) is 1.91. The van der Waals surface area contributed by atoms with Crippen molar-refractivity contribution in [1.82, 2.24) is 0 Å². The minimum absolute atomic E-state index is 0.522. The van der Waals surface area contributed by atoms with Gasteiger partial charge in [0.2, 0.25) is 6.29 Å². The lowest BCUT2D eigenvalue weighted by atomic mass is 10.0. The van der Waals surface area contributed by atoms with Crippen molar-refractivity contribution in [2.75, 3.05) is 6.61 Å². The quantitative estimate of drug-likeness (QED) is 0.704. The monoisotopic (exact) mass is 177 g/mol. The highest BCUT2D eigenvalue weighted by Crippen LogP contribution is 2.18. The molecule has 0 N–H and O–H groups in total. The van der Waals surface area contributed by atoms with Crippen LogP contribution in [0, 0.1) is 6.92 Å². The molecule has 2 nitrogen and oxygen atoms in total. The van der Waals surface area contributed by atoms with Gasteiger partial charge >= 0.3 is 0 Å². The Labute approximate surface area is 78.5 Å². The second-order valence-electron chi connectivity index (χ2n) is 2.81. The molecule has 0 aliphatic rings. The molecule has 0 amide bonds. The molecule has 1 aromatic rings. The molecule has 1 aromatic carbocycles. The van der Waals surface area contributed by atoms with E-state index in [4.69, 9.17) is 4.74 Å². The van der Waals surface area contributed by atoms with E-state index in [0.29, 0.717) is 6.61 Å². The molecule has 1 unspecified atom stereocenters. The van der Waals surface area contributed by atoms with Crippen LogP contribution in [0.3, 0.4) is 0 Å². The summed E-state index contributed by atoms with van der Waals surface area (Å²) in [7, 11) is 0. The van der Waals surface area contributed by atoms with Gasteiger partial charge in [0.25, 0.3) is 0 Å². The van der Waals surface area contributed by atoms with Crippen LogP contribution >= 0.6 is 0 Å². The summed E-state index contributed by atoms with van der Waals surface area (Å²) in [5.74, 6) is 0. The largest absolute Gasteiger partial charge is 0.365 e. The van der Waals surface area contributed by atoms with Crippen LogP contribution in [0.5, 0.6) is 0 Å². The number of hydrogen-bond acceptors (Lipinski definition) is 2. The highest BCUT2D eigenvalue weighted by Gasteiger charge is 2.12. The number of carbonyl (C=O) groups excluding carboxylic acids is 1. The maximum absolute atomic E-state index is 10.6. The molecule has 69 valence electrons. The van der Waals surface area contributed by atoms with Crippen molar-refractivity contribution in [3.8, 4) is 0 Å². The normalized spacial score (nSPS) is 12.5. The van der Waals surface area contributed by atoms with Crippen LogP contribution in [0.4, 0.5) is 0 Å². The maximum atomic E-state index is 10.6. The zero-order chi connectivity index (χ0) is 9.68. The molecule has 1 atom stereocenters. The van der Waals surface area contributed by atoms with Gasteiger partial charge in [-0.15, -0.1) is 0 Å². The first-order chi connectivity index (χ1) is 6.29. The first-order valence-corrected chi connectivity index (χ1v) is 4.34. The molecule has 13 heavy (non-hydrogen) atoms. The van der Waals surface area contributed by atoms with Gasteiger partial charge in [0.15, 0.2) is 0 Å². The fourth-order valence-electron chi connectivity index (χ4n) is 1.23. The molecule has 0 bridgehead atoms. The molecule has 0 fully saturated rings. The lowest BCUT2D eigenvalue weighted by Gasteiger charge is -2.11. The summed E-state index contributed by atoms with van der Waals surface area (Å²) in [6.45, 7) is 4.34. The molecule has 0 saturated carbocycles. The second kappa shape index (κ2) is 4.77. The van der Waals surface area contributed by atoms with Crippen LogP contribution in [0.15, 0.2) is 24.3 Å². The van der Waals surface area contributed by atoms with Crippen molar-refractivity contribution in [3.63, 3.8) is 0 Å². The average molecular weight is 177 g/mol. The van der Waals surface area contributed by atoms with Crippen LogP contribution in [0.25, 0.3) is 0 Å². The topological polar surface area (TPSA) is 26.3 Å². The first-order valence-electron chi connectivity index (χ1n) is 4.34. The van der Waals surface area contributed by atoms with E-state index in [9.17, 15) is 4.79 Å². The summed E-state index contributed by atoms with van der Waals surface area (Å²) in [6.07, 6.45) is 1.35. The Morgan fingerprint density at radius 1 is 1.46 bits per heavy atom. The Kier molecular flexibility index (Phi) is 3.65. The minimum Gasteiger partial charge on any atom is -0.365 e. The van der Waals surface area contributed by atoms with E-state index in [2.05, 4.69) is 0 Å². The van der Waals surface area contributed by atoms with Gasteiger partial charge in [-0.25, -0.2) is 0 Å². The fourth-order valence-corrected chi connectivity index (χ4v) is 1.23. The lowest BCUT2D eigenvalue weighted by Crippen LogP contribution is -2.06. The molecule has 0 spiro atoms. The Hall–Kier alpha value is -1.15. The summed E-state index contributed by atoms with van der Waals surface area (Å²) >= 11 is 0. The lowest BCUT2D eigenvalue weighted by molar-refractivity contribution is 0.107. The molecular formula is C11H13O2. The molecular weight excluding hydrogens is 164 g/mol. The predicted molar refractivity (Wildman–Crippen MR) is 51.2 cm³/mol. The van der Waals surface area contributed by atoms with Crippen molar-refractivity contribution < 1.29 is 9.53 Å². The van der Waals surface area contributed by atoms with Crippen molar-refractivity contribution in [2.24, 2.45) is 0 Å². The van der Waals surface area contributed by atoms with E-state index in [0.717, 1.165) is 11.1 Å². The van der Waals surface area contributed by atoms with Crippen LogP contribution in [-0.4, -0.2) is 12.9 Å². The van der Waals surface area contributed by atoms with E-state index in [1.54, 1.807) is 0 Å². The summed E-state index contributed by atoms with van der Waals surface area (Å²) in [6, 6.07) is 7.68. The highest BCUT2D eigenvalue weighted by atomic mass is 16.5. The SMILES string of the molecule is CCOC([C]=O)c1ccccc1C. The number of ether oxygens (including phenoxy) is 1. The Balaban J connectivity index is 2.90. The van der Waals surface area contributed by atoms with E-state index in [1.807, 2.05) is 44.4 Å². The van der Waals surface area contributed by atoms with Gasteiger partial charge in [-0.2, -0.15) is 0 Å².